The molecule has 1 atom stereocenters. The number of carbonyl (C=O) groups excluding carboxylic acids is 2. The van der Waals surface area contributed by atoms with Crippen molar-refractivity contribution in [2.75, 3.05) is 37.2 Å². The third-order valence-corrected chi connectivity index (χ3v) is 5.55. The van der Waals surface area contributed by atoms with E-state index in [4.69, 9.17) is 5.73 Å². The van der Waals surface area contributed by atoms with Crippen LogP contribution in [0.2, 0.25) is 0 Å². The van der Waals surface area contributed by atoms with Crippen LogP contribution in [0.15, 0.2) is 54.6 Å². The molecule has 1 amide bonds. The van der Waals surface area contributed by atoms with Crippen molar-refractivity contribution in [2.24, 2.45) is 0 Å². The second kappa shape index (κ2) is 11.4. The van der Waals surface area contributed by atoms with E-state index in [2.05, 4.69) is 15.5 Å². The Bertz CT molecular complexity index is 902. The van der Waals surface area contributed by atoms with Crippen molar-refractivity contribution < 1.29 is 9.59 Å². The van der Waals surface area contributed by atoms with Crippen molar-refractivity contribution in [3.63, 3.8) is 0 Å². The van der Waals surface area contributed by atoms with Crippen LogP contribution in [0, 0.1) is 0 Å². The van der Waals surface area contributed by atoms with Gasteiger partial charge in [0.1, 0.15) is 0 Å². The van der Waals surface area contributed by atoms with Gasteiger partial charge in [0.2, 0.25) is 5.91 Å². The van der Waals surface area contributed by atoms with E-state index in [1.54, 1.807) is 25.1 Å². The van der Waals surface area contributed by atoms with Crippen LogP contribution in [0.25, 0.3) is 6.08 Å². The van der Waals surface area contributed by atoms with Gasteiger partial charge in [-0.2, -0.15) is 0 Å². The van der Waals surface area contributed by atoms with Crippen LogP contribution in [-0.2, 0) is 9.59 Å². The number of para-hydroxylation sites is 2. The van der Waals surface area contributed by atoms with Crippen LogP contribution in [-0.4, -0.2) is 42.8 Å². The van der Waals surface area contributed by atoms with E-state index in [1.165, 1.54) is 25.3 Å². The summed E-state index contributed by atoms with van der Waals surface area (Å²) >= 11 is 0. The number of anilines is 2. The third kappa shape index (κ3) is 7.05. The summed E-state index contributed by atoms with van der Waals surface area (Å²) in [4.78, 5) is 26.8. The lowest BCUT2D eigenvalue weighted by Gasteiger charge is -2.27. The zero-order valence-corrected chi connectivity index (χ0v) is 18.1. The number of likely N-dealkylation sites (tertiary alicyclic amines) is 1. The summed E-state index contributed by atoms with van der Waals surface area (Å²) in [6, 6.07) is 14.5. The Morgan fingerprint density at radius 2 is 1.77 bits per heavy atom. The average molecular weight is 421 g/mol. The molecule has 1 fully saturated rings. The molecule has 2 aromatic rings. The maximum Gasteiger partial charge on any atom is 0.248 e. The summed E-state index contributed by atoms with van der Waals surface area (Å²) < 4.78 is 0. The van der Waals surface area contributed by atoms with Crippen molar-refractivity contribution in [3.8, 4) is 0 Å². The van der Waals surface area contributed by atoms with Crippen LogP contribution >= 0.6 is 0 Å². The first-order chi connectivity index (χ1) is 15.0. The predicted octanol–water partition coefficient (Wildman–Crippen LogP) is 3.63. The van der Waals surface area contributed by atoms with Crippen molar-refractivity contribution in [3.05, 3.63) is 65.7 Å². The fourth-order valence-electron chi connectivity index (χ4n) is 3.80. The molecular weight excluding hydrogens is 388 g/mol. The molecule has 0 spiro atoms. The Labute approximate surface area is 184 Å². The molecule has 6 nitrogen and oxygen atoms in total. The zero-order valence-electron chi connectivity index (χ0n) is 18.1. The first-order valence-corrected chi connectivity index (χ1v) is 10.9. The number of carbonyl (C=O) groups is 2. The van der Waals surface area contributed by atoms with Crippen LogP contribution in [0.1, 0.15) is 43.4 Å². The van der Waals surface area contributed by atoms with Gasteiger partial charge >= 0.3 is 0 Å². The summed E-state index contributed by atoms with van der Waals surface area (Å²) in [6.45, 7) is 5.67. The summed E-state index contributed by atoms with van der Waals surface area (Å²) in [6.07, 6.45) is 7.07. The van der Waals surface area contributed by atoms with E-state index >= 15 is 0 Å². The standard InChI is InChI=1S/C25H32N4O2/c1-19(30)25(27-15-18-29-16-5-2-6-17-29)21-12-9-20(10-13-21)11-14-24(31)28-23-8-4-3-7-22(23)26/h3-4,7-14,25,27H,2,5-6,15-18,26H2,1H3,(H,28,31)/b14-11+. The van der Waals surface area contributed by atoms with Gasteiger partial charge in [0.25, 0.3) is 0 Å². The quantitative estimate of drug-likeness (QED) is 0.426. The maximum atomic E-state index is 12.2. The summed E-state index contributed by atoms with van der Waals surface area (Å²) in [5.74, 6) is -0.148. The van der Waals surface area contributed by atoms with Gasteiger partial charge in [0, 0.05) is 19.2 Å². The fraction of sp³-hybridized carbons (Fsp3) is 0.360. The van der Waals surface area contributed by atoms with Crippen LogP contribution in [0.4, 0.5) is 11.4 Å². The van der Waals surface area contributed by atoms with Crippen LogP contribution < -0.4 is 16.4 Å². The maximum absolute atomic E-state index is 12.2. The molecule has 1 aliphatic rings. The molecular formula is C25H32N4O2. The summed E-state index contributed by atoms with van der Waals surface area (Å²) in [5.41, 5.74) is 8.78. The molecule has 6 heteroatoms. The first kappa shape index (κ1) is 22.7. The number of amides is 1. The molecule has 4 N–H and O–H groups in total. The van der Waals surface area contributed by atoms with Crippen molar-refractivity contribution in [1.29, 1.82) is 0 Å². The number of ketones is 1. The van der Waals surface area contributed by atoms with Crippen molar-refractivity contribution in [2.45, 2.75) is 32.2 Å². The van der Waals surface area contributed by atoms with Gasteiger partial charge in [-0.25, -0.2) is 0 Å². The Hall–Kier alpha value is -2.96. The van der Waals surface area contributed by atoms with E-state index < -0.39 is 0 Å². The van der Waals surface area contributed by atoms with Gasteiger partial charge in [-0.15, -0.1) is 0 Å². The highest BCUT2D eigenvalue weighted by atomic mass is 16.1. The van der Waals surface area contributed by atoms with Gasteiger partial charge in [0.05, 0.1) is 17.4 Å². The van der Waals surface area contributed by atoms with Gasteiger partial charge in [-0.3, -0.25) is 9.59 Å². The molecule has 0 saturated carbocycles. The zero-order chi connectivity index (χ0) is 22.1. The monoisotopic (exact) mass is 420 g/mol. The van der Waals surface area contributed by atoms with Gasteiger partial charge in [-0.05, 0) is 62.2 Å². The van der Waals surface area contributed by atoms with Gasteiger partial charge in [0.15, 0.2) is 5.78 Å². The molecule has 0 bridgehead atoms. The molecule has 1 unspecified atom stereocenters. The second-order valence-electron chi connectivity index (χ2n) is 7.98. The first-order valence-electron chi connectivity index (χ1n) is 10.9. The average Bonchev–Trinajstić information content (AvgIpc) is 2.78. The van der Waals surface area contributed by atoms with Crippen molar-refractivity contribution in [1.82, 2.24) is 10.2 Å². The molecule has 1 saturated heterocycles. The van der Waals surface area contributed by atoms with E-state index in [0.29, 0.717) is 11.4 Å². The molecule has 0 aromatic heterocycles. The molecule has 164 valence electrons. The minimum absolute atomic E-state index is 0.0989. The Morgan fingerprint density at radius 3 is 2.45 bits per heavy atom. The van der Waals surface area contributed by atoms with E-state index in [1.807, 2.05) is 36.4 Å². The summed E-state index contributed by atoms with van der Waals surface area (Å²) in [7, 11) is 0. The largest absolute Gasteiger partial charge is 0.397 e. The fourth-order valence-corrected chi connectivity index (χ4v) is 3.80. The third-order valence-electron chi connectivity index (χ3n) is 5.55. The Kier molecular flexibility index (Phi) is 8.38. The highest BCUT2D eigenvalue weighted by molar-refractivity contribution is 6.03. The number of piperidine rings is 1. The van der Waals surface area contributed by atoms with Crippen LogP contribution in [0.5, 0.6) is 0 Å². The molecule has 2 aromatic carbocycles. The van der Waals surface area contributed by atoms with E-state index in [9.17, 15) is 9.59 Å². The molecule has 0 aliphatic carbocycles. The number of benzene rings is 2. The number of nitrogens with two attached hydrogens (primary N) is 1. The lowest BCUT2D eigenvalue weighted by Crippen LogP contribution is -2.38. The molecule has 0 radical (unpaired) electrons. The number of hydrogen-bond acceptors (Lipinski definition) is 5. The van der Waals surface area contributed by atoms with Crippen LogP contribution in [0.3, 0.4) is 0 Å². The second-order valence-corrected chi connectivity index (χ2v) is 7.98. The number of rotatable bonds is 9. The van der Waals surface area contributed by atoms with Gasteiger partial charge < -0.3 is 21.3 Å². The Balaban J connectivity index is 1.54. The highest BCUT2D eigenvalue weighted by Crippen LogP contribution is 2.18. The molecule has 1 aliphatic heterocycles. The SMILES string of the molecule is CC(=O)C(NCCN1CCCCC1)c1ccc(/C=C/C(=O)Nc2ccccc2N)cc1. The minimum atomic E-state index is -0.313. The highest BCUT2D eigenvalue weighted by Gasteiger charge is 2.17. The smallest absolute Gasteiger partial charge is 0.248 e. The number of nitrogens with one attached hydrogen (secondary N) is 2. The van der Waals surface area contributed by atoms with E-state index in [0.717, 1.165) is 37.3 Å². The predicted molar refractivity (Wildman–Crippen MR) is 127 cm³/mol. The Morgan fingerprint density at radius 1 is 1.06 bits per heavy atom. The van der Waals surface area contributed by atoms with Crippen molar-refractivity contribution >= 4 is 29.1 Å². The topological polar surface area (TPSA) is 87.5 Å². The lowest BCUT2D eigenvalue weighted by atomic mass is 10.0. The number of nitrogens with zero attached hydrogens (tertiary/aromatic N) is 1. The number of Topliss-reactive ketones (excluding diaryl/α,β-unsaturated/α-hetero) is 1. The number of nitrogen functional groups attached to an aromatic ring is 1. The normalized spacial score (nSPS) is 15.6. The lowest BCUT2D eigenvalue weighted by molar-refractivity contribution is -0.119. The molecule has 3 rings (SSSR count). The molecule has 1 heterocycles. The minimum Gasteiger partial charge on any atom is -0.397 e. The molecule has 31 heavy (non-hydrogen) atoms. The summed E-state index contributed by atoms with van der Waals surface area (Å²) in [5, 5.41) is 6.17. The number of hydrogen-bond donors (Lipinski definition) is 3. The van der Waals surface area contributed by atoms with E-state index in [-0.39, 0.29) is 17.7 Å². The van der Waals surface area contributed by atoms with Gasteiger partial charge in [-0.1, -0.05) is 42.8 Å².